The van der Waals surface area contributed by atoms with Crippen LogP contribution in [-0.2, 0) is 9.59 Å². The number of hydrogen-bond acceptors (Lipinski definition) is 3. The van der Waals surface area contributed by atoms with Gasteiger partial charge in [0.15, 0.2) is 0 Å². The highest BCUT2D eigenvalue weighted by Crippen LogP contribution is 2.01. The summed E-state index contributed by atoms with van der Waals surface area (Å²) >= 11 is 0. The fraction of sp³-hybridized carbons (Fsp3) is 0.833. The fourth-order valence-electron chi connectivity index (χ4n) is 1.50. The number of rotatable bonds is 8. The number of nitrogens with zero attached hydrogens (tertiary/aromatic N) is 1. The summed E-state index contributed by atoms with van der Waals surface area (Å²) in [6, 6.07) is 0.149. The van der Waals surface area contributed by atoms with Crippen LogP contribution in [0.25, 0.3) is 0 Å². The Kier molecular flexibility index (Phi) is 7.54. The molecular formula is C12H24N2O3. The molecule has 0 aromatic carbocycles. The summed E-state index contributed by atoms with van der Waals surface area (Å²) < 4.78 is 0. The fourth-order valence-corrected chi connectivity index (χ4v) is 1.50. The standard InChI is InChI=1S/C12H24N2O3/c1-5-14(8-10(4)12(16)17)7-6-11(15)13-9(2)3/h9-10H,5-8H2,1-4H3,(H,13,15)(H,16,17). The van der Waals surface area contributed by atoms with Crippen molar-refractivity contribution in [3.05, 3.63) is 0 Å². The molecule has 0 aliphatic heterocycles. The second-order valence-corrected chi connectivity index (χ2v) is 4.60. The smallest absolute Gasteiger partial charge is 0.307 e. The molecule has 0 spiro atoms. The van der Waals surface area contributed by atoms with Gasteiger partial charge in [0.25, 0.3) is 0 Å². The van der Waals surface area contributed by atoms with Crippen LogP contribution >= 0.6 is 0 Å². The number of carbonyl (C=O) groups excluding carboxylic acids is 1. The molecule has 17 heavy (non-hydrogen) atoms. The molecule has 0 saturated heterocycles. The Morgan fingerprint density at radius 1 is 1.29 bits per heavy atom. The van der Waals surface area contributed by atoms with Gasteiger partial charge in [-0.05, 0) is 20.4 Å². The van der Waals surface area contributed by atoms with E-state index in [4.69, 9.17) is 5.11 Å². The molecule has 2 N–H and O–H groups in total. The lowest BCUT2D eigenvalue weighted by molar-refractivity contribution is -0.141. The highest BCUT2D eigenvalue weighted by molar-refractivity contribution is 5.76. The van der Waals surface area contributed by atoms with E-state index in [1.807, 2.05) is 25.7 Å². The number of nitrogens with one attached hydrogen (secondary N) is 1. The van der Waals surface area contributed by atoms with Crippen LogP contribution in [-0.4, -0.2) is 47.6 Å². The van der Waals surface area contributed by atoms with Crippen LogP contribution in [0.1, 0.15) is 34.1 Å². The predicted molar refractivity (Wildman–Crippen MR) is 66.8 cm³/mol. The van der Waals surface area contributed by atoms with Gasteiger partial charge in [0.1, 0.15) is 0 Å². The van der Waals surface area contributed by atoms with Gasteiger partial charge < -0.3 is 15.3 Å². The van der Waals surface area contributed by atoms with Crippen molar-refractivity contribution in [3.8, 4) is 0 Å². The third kappa shape index (κ3) is 7.74. The first-order valence-corrected chi connectivity index (χ1v) is 6.11. The third-order valence-corrected chi connectivity index (χ3v) is 2.51. The lowest BCUT2D eigenvalue weighted by atomic mass is 10.1. The van der Waals surface area contributed by atoms with Gasteiger partial charge >= 0.3 is 5.97 Å². The lowest BCUT2D eigenvalue weighted by Gasteiger charge is -2.22. The second-order valence-electron chi connectivity index (χ2n) is 4.60. The minimum Gasteiger partial charge on any atom is -0.481 e. The molecule has 0 radical (unpaired) electrons. The van der Waals surface area contributed by atoms with E-state index in [0.717, 1.165) is 6.54 Å². The average Bonchev–Trinajstić information content (AvgIpc) is 2.22. The van der Waals surface area contributed by atoms with Crippen LogP contribution in [0, 0.1) is 5.92 Å². The maximum atomic E-state index is 11.4. The monoisotopic (exact) mass is 244 g/mol. The zero-order chi connectivity index (χ0) is 13.4. The zero-order valence-electron chi connectivity index (χ0n) is 11.2. The lowest BCUT2D eigenvalue weighted by Crippen LogP contribution is -2.36. The molecule has 5 heteroatoms. The van der Waals surface area contributed by atoms with Crippen LogP contribution in [0.3, 0.4) is 0 Å². The maximum Gasteiger partial charge on any atom is 0.307 e. The first-order valence-electron chi connectivity index (χ1n) is 6.11. The van der Waals surface area contributed by atoms with Crippen molar-refractivity contribution < 1.29 is 14.7 Å². The highest BCUT2D eigenvalue weighted by Gasteiger charge is 2.15. The number of amides is 1. The zero-order valence-corrected chi connectivity index (χ0v) is 11.2. The Labute approximate surface area is 103 Å². The van der Waals surface area contributed by atoms with E-state index in [9.17, 15) is 9.59 Å². The van der Waals surface area contributed by atoms with Crippen molar-refractivity contribution in [1.29, 1.82) is 0 Å². The third-order valence-electron chi connectivity index (χ3n) is 2.51. The average molecular weight is 244 g/mol. The Balaban J connectivity index is 3.97. The van der Waals surface area contributed by atoms with E-state index in [-0.39, 0.29) is 11.9 Å². The van der Waals surface area contributed by atoms with Crippen LogP contribution < -0.4 is 5.32 Å². The molecular weight excluding hydrogens is 220 g/mol. The molecule has 0 saturated carbocycles. The van der Waals surface area contributed by atoms with Crippen LogP contribution in [0.4, 0.5) is 0 Å². The molecule has 1 unspecified atom stereocenters. The van der Waals surface area contributed by atoms with Gasteiger partial charge in [-0.2, -0.15) is 0 Å². The predicted octanol–water partition coefficient (Wildman–Crippen LogP) is 0.944. The summed E-state index contributed by atoms with van der Waals surface area (Å²) in [5.41, 5.74) is 0. The van der Waals surface area contributed by atoms with Crippen molar-refractivity contribution in [2.24, 2.45) is 5.92 Å². The molecule has 0 aliphatic carbocycles. The summed E-state index contributed by atoms with van der Waals surface area (Å²) in [4.78, 5) is 24.2. The van der Waals surface area contributed by atoms with Gasteiger partial charge in [-0.25, -0.2) is 0 Å². The molecule has 0 bridgehead atoms. The van der Waals surface area contributed by atoms with Gasteiger partial charge in [0.05, 0.1) is 5.92 Å². The van der Waals surface area contributed by atoms with Crippen LogP contribution in [0.15, 0.2) is 0 Å². The summed E-state index contributed by atoms with van der Waals surface area (Å²) in [6.07, 6.45) is 0.415. The summed E-state index contributed by atoms with van der Waals surface area (Å²) in [6.45, 7) is 9.33. The van der Waals surface area contributed by atoms with Gasteiger partial charge in [-0.1, -0.05) is 13.8 Å². The summed E-state index contributed by atoms with van der Waals surface area (Å²) in [5, 5.41) is 11.6. The van der Waals surface area contributed by atoms with Crippen LogP contribution in [0.2, 0.25) is 0 Å². The molecule has 0 fully saturated rings. The number of carboxylic acids is 1. The SMILES string of the molecule is CCN(CCC(=O)NC(C)C)CC(C)C(=O)O. The molecule has 0 heterocycles. The van der Waals surface area contributed by atoms with Gasteiger partial charge in [0.2, 0.25) is 5.91 Å². The van der Waals surface area contributed by atoms with Gasteiger partial charge in [-0.15, -0.1) is 0 Å². The van der Waals surface area contributed by atoms with Gasteiger partial charge in [0, 0.05) is 25.6 Å². The Bertz CT molecular complexity index is 254. The Morgan fingerprint density at radius 3 is 2.29 bits per heavy atom. The number of hydrogen-bond donors (Lipinski definition) is 2. The maximum absolute atomic E-state index is 11.4. The Morgan fingerprint density at radius 2 is 1.88 bits per heavy atom. The highest BCUT2D eigenvalue weighted by atomic mass is 16.4. The van der Waals surface area contributed by atoms with E-state index in [1.165, 1.54) is 0 Å². The topological polar surface area (TPSA) is 69.6 Å². The summed E-state index contributed by atoms with van der Waals surface area (Å²) in [5.74, 6) is -1.18. The van der Waals surface area contributed by atoms with Crippen molar-refractivity contribution in [2.45, 2.75) is 40.2 Å². The van der Waals surface area contributed by atoms with E-state index in [2.05, 4.69) is 5.32 Å². The van der Waals surface area contributed by atoms with Crippen molar-refractivity contribution in [2.75, 3.05) is 19.6 Å². The second kappa shape index (κ2) is 8.06. The minimum absolute atomic E-state index is 0.0152. The van der Waals surface area contributed by atoms with Crippen molar-refractivity contribution >= 4 is 11.9 Å². The van der Waals surface area contributed by atoms with E-state index >= 15 is 0 Å². The molecule has 0 rings (SSSR count). The van der Waals surface area contributed by atoms with Gasteiger partial charge in [-0.3, -0.25) is 9.59 Å². The number of carbonyl (C=O) groups is 2. The first kappa shape index (κ1) is 15.9. The first-order chi connectivity index (χ1) is 7.86. The number of carboxylic acid groups (broad SMARTS) is 1. The quantitative estimate of drug-likeness (QED) is 0.667. The van der Waals surface area contributed by atoms with E-state index in [1.54, 1.807) is 6.92 Å². The number of aliphatic carboxylic acids is 1. The molecule has 0 aromatic heterocycles. The van der Waals surface area contributed by atoms with Crippen molar-refractivity contribution in [3.63, 3.8) is 0 Å². The minimum atomic E-state index is -0.796. The Hall–Kier alpha value is -1.10. The molecule has 1 atom stereocenters. The summed E-state index contributed by atoms with van der Waals surface area (Å²) in [7, 11) is 0. The normalized spacial score (nSPS) is 12.8. The van der Waals surface area contributed by atoms with E-state index < -0.39 is 11.9 Å². The van der Waals surface area contributed by atoms with Crippen molar-refractivity contribution in [1.82, 2.24) is 10.2 Å². The molecule has 0 aliphatic rings. The molecule has 5 nitrogen and oxygen atoms in total. The molecule has 1 amide bonds. The van der Waals surface area contributed by atoms with Crippen LogP contribution in [0.5, 0.6) is 0 Å². The van der Waals surface area contributed by atoms with E-state index in [0.29, 0.717) is 19.5 Å². The molecule has 100 valence electrons. The molecule has 0 aromatic rings. The largest absolute Gasteiger partial charge is 0.481 e.